The van der Waals surface area contributed by atoms with Crippen molar-refractivity contribution in [3.05, 3.63) is 17.5 Å². The van der Waals surface area contributed by atoms with E-state index in [4.69, 9.17) is 25.2 Å². The lowest BCUT2D eigenvalue weighted by Crippen LogP contribution is -2.43. The van der Waals surface area contributed by atoms with Gasteiger partial charge in [0.05, 0.1) is 43.9 Å². The highest BCUT2D eigenvalue weighted by Crippen LogP contribution is 2.46. The highest BCUT2D eigenvalue weighted by molar-refractivity contribution is 5.75. The van der Waals surface area contributed by atoms with Crippen molar-refractivity contribution in [3.63, 3.8) is 0 Å². The van der Waals surface area contributed by atoms with Gasteiger partial charge in [0.15, 0.2) is 0 Å². The summed E-state index contributed by atoms with van der Waals surface area (Å²) in [5.41, 5.74) is 10.1. The molecule has 9 nitrogen and oxygen atoms in total. The van der Waals surface area contributed by atoms with E-state index in [0.717, 1.165) is 80.8 Å². The number of morpholine rings is 2. The Bertz CT molecular complexity index is 943. The second kappa shape index (κ2) is 6.77. The number of fused-ring (bicyclic) bond motifs is 3. The molecule has 1 saturated carbocycles. The molecular formula is C20H25N7O2. The van der Waals surface area contributed by atoms with E-state index in [9.17, 15) is 0 Å². The third kappa shape index (κ3) is 3.00. The van der Waals surface area contributed by atoms with Crippen LogP contribution in [-0.4, -0.2) is 72.0 Å². The van der Waals surface area contributed by atoms with Gasteiger partial charge in [-0.15, -0.1) is 0 Å². The molecule has 2 N–H and O–H groups in total. The molecule has 0 spiro atoms. The van der Waals surface area contributed by atoms with Gasteiger partial charge in [0.2, 0.25) is 11.9 Å². The average molecular weight is 395 g/mol. The summed E-state index contributed by atoms with van der Waals surface area (Å²) in [7, 11) is 0. The van der Waals surface area contributed by atoms with E-state index in [-0.39, 0.29) is 0 Å². The molecule has 152 valence electrons. The molecule has 29 heavy (non-hydrogen) atoms. The van der Waals surface area contributed by atoms with Gasteiger partial charge in [-0.2, -0.15) is 4.98 Å². The fourth-order valence-corrected chi connectivity index (χ4v) is 4.61. The lowest BCUT2D eigenvalue weighted by molar-refractivity contribution is 0.0974. The summed E-state index contributed by atoms with van der Waals surface area (Å²) in [5.74, 6) is 2.61. The fraction of sp³-hybridized carbons (Fsp3) is 0.600. The first kappa shape index (κ1) is 17.3. The Hall–Kier alpha value is -2.52. The van der Waals surface area contributed by atoms with Crippen molar-refractivity contribution in [3.8, 4) is 11.3 Å². The maximum Gasteiger partial charge on any atom is 0.228 e. The minimum Gasteiger partial charge on any atom is -0.378 e. The van der Waals surface area contributed by atoms with Crippen LogP contribution in [0, 0.1) is 0 Å². The lowest BCUT2D eigenvalue weighted by atomic mass is 10.0. The second-order valence-electron chi connectivity index (χ2n) is 8.20. The van der Waals surface area contributed by atoms with E-state index in [1.807, 2.05) is 6.20 Å². The SMILES string of the molecule is Nc1ncc(-c2nc(N3CCOCC3)nc3c2C[C@@H]2COCCN32)c(C2CC2)n1. The number of hydrogen-bond acceptors (Lipinski definition) is 9. The molecule has 0 aromatic carbocycles. The largest absolute Gasteiger partial charge is 0.378 e. The Morgan fingerprint density at radius 3 is 2.66 bits per heavy atom. The van der Waals surface area contributed by atoms with Crippen molar-refractivity contribution >= 4 is 17.7 Å². The van der Waals surface area contributed by atoms with Crippen molar-refractivity contribution in [2.45, 2.75) is 31.2 Å². The number of ether oxygens (including phenoxy) is 2. The maximum atomic E-state index is 5.92. The third-order valence-electron chi connectivity index (χ3n) is 6.26. The zero-order valence-corrected chi connectivity index (χ0v) is 16.4. The van der Waals surface area contributed by atoms with E-state index < -0.39 is 0 Å². The third-order valence-corrected chi connectivity index (χ3v) is 6.26. The van der Waals surface area contributed by atoms with Crippen LogP contribution in [0.1, 0.15) is 30.0 Å². The maximum absolute atomic E-state index is 5.92. The molecule has 2 aromatic heterocycles. The first-order chi connectivity index (χ1) is 14.3. The van der Waals surface area contributed by atoms with Gasteiger partial charge in [-0.1, -0.05) is 0 Å². The molecule has 0 radical (unpaired) electrons. The van der Waals surface area contributed by atoms with Crippen molar-refractivity contribution in [1.82, 2.24) is 19.9 Å². The Kier molecular flexibility index (Phi) is 4.05. The molecule has 3 aliphatic heterocycles. The Balaban J connectivity index is 1.51. The van der Waals surface area contributed by atoms with Crippen molar-refractivity contribution < 1.29 is 9.47 Å². The van der Waals surface area contributed by atoms with Crippen LogP contribution >= 0.6 is 0 Å². The van der Waals surface area contributed by atoms with Gasteiger partial charge >= 0.3 is 0 Å². The summed E-state index contributed by atoms with van der Waals surface area (Å²) in [6.45, 7) is 5.35. The number of nitrogens with two attached hydrogens (primary N) is 1. The van der Waals surface area contributed by atoms with E-state index in [0.29, 0.717) is 31.1 Å². The van der Waals surface area contributed by atoms with Crippen LogP contribution in [0.3, 0.4) is 0 Å². The molecule has 1 aliphatic carbocycles. The second-order valence-corrected chi connectivity index (χ2v) is 8.20. The molecule has 2 saturated heterocycles. The number of aromatic nitrogens is 4. The summed E-state index contributed by atoms with van der Waals surface area (Å²) in [6.07, 6.45) is 5.04. The number of hydrogen-bond donors (Lipinski definition) is 1. The number of nitrogens with zero attached hydrogens (tertiary/aromatic N) is 6. The van der Waals surface area contributed by atoms with Crippen LogP contribution in [0.15, 0.2) is 6.20 Å². The highest BCUT2D eigenvalue weighted by atomic mass is 16.5. The van der Waals surface area contributed by atoms with Gasteiger partial charge in [-0.05, 0) is 12.8 Å². The summed E-state index contributed by atoms with van der Waals surface area (Å²) in [6, 6.07) is 0.325. The molecule has 0 bridgehead atoms. The summed E-state index contributed by atoms with van der Waals surface area (Å²) < 4.78 is 11.3. The fourth-order valence-electron chi connectivity index (χ4n) is 4.61. The molecular weight excluding hydrogens is 370 g/mol. The Morgan fingerprint density at radius 1 is 1.00 bits per heavy atom. The molecule has 1 atom stereocenters. The van der Waals surface area contributed by atoms with Crippen molar-refractivity contribution in [1.29, 1.82) is 0 Å². The van der Waals surface area contributed by atoms with Crippen LogP contribution in [0.4, 0.5) is 17.7 Å². The highest BCUT2D eigenvalue weighted by Gasteiger charge is 2.38. The summed E-state index contributed by atoms with van der Waals surface area (Å²) >= 11 is 0. The predicted octanol–water partition coefficient (Wildman–Crippen LogP) is 0.991. The molecule has 6 rings (SSSR count). The molecule has 0 amide bonds. The van der Waals surface area contributed by atoms with Crippen molar-refractivity contribution in [2.24, 2.45) is 0 Å². The molecule has 9 heteroatoms. The Morgan fingerprint density at radius 2 is 1.83 bits per heavy atom. The summed E-state index contributed by atoms with van der Waals surface area (Å²) in [4.78, 5) is 23.6. The number of nitrogen functional groups attached to an aromatic ring is 1. The first-order valence-electron chi connectivity index (χ1n) is 10.5. The number of anilines is 3. The molecule has 3 fully saturated rings. The van der Waals surface area contributed by atoms with Crippen LogP contribution < -0.4 is 15.5 Å². The van der Waals surface area contributed by atoms with E-state index >= 15 is 0 Å². The van der Waals surface area contributed by atoms with E-state index in [1.165, 1.54) is 5.56 Å². The van der Waals surface area contributed by atoms with Crippen molar-refractivity contribution in [2.75, 3.05) is 61.6 Å². The standard InChI is InChI=1S/C20H25N7O2/c21-19-22-10-15(16(23-19)12-1-2-12)17-14-9-13-11-29-8-5-27(13)18(14)25-20(24-17)26-3-6-28-7-4-26/h10,12-13H,1-9,11H2,(H2,21,22,23)/t13-/m1/s1. The molecule has 4 aliphatic rings. The zero-order valence-electron chi connectivity index (χ0n) is 16.4. The molecule has 0 unspecified atom stereocenters. The predicted molar refractivity (Wildman–Crippen MR) is 108 cm³/mol. The van der Waals surface area contributed by atoms with Crippen LogP contribution in [0.25, 0.3) is 11.3 Å². The molecule has 5 heterocycles. The van der Waals surface area contributed by atoms with Gasteiger partial charge in [0.1, 0.15) is 5.82 Å². The summed E-state index contributed by atoms with van der Waals surface area (Å²) in [5, 5.41) is 0. The van der Waals surface area contributed by atoms with Gasteiger partial charge < -0.3 is 25.0 Å². The lowest BCUT2D eigenvalue weighted by Gasteiger charge is -2.32. The molecule has 2 aromatic rings. The van der Waals surface area contributed by atoms with Gasteiger partial charge in [0.25, 0.3) is 0 Å². The zero-order chi connectivity index (χ0) is 19.4. The van der Waals surface area contributed by atoms with Gasteiger partial charge in [-0.3, -0.25) is 0 Å². The first-order valence-corrected chi connectivity index (χ1v) is 10.5. The van der Waals surface area contributed by atoms with Gasteiger partial charge in [0, 0.05) is 49.3 Å². The number of rotatable bonds is 3. The van der Waals surface area contributed by atoms with Crippen LogP contribution in [0.5, 0.6) is 0 Å². The topological polar surface area (TPSA) is 103 Å². The van der Waals surface area contributed by atoms with E-state index in [1.54, 1.807) is 0 Å². The minimum absolute atomic E-state index is 0.325. The normalized spacial score (nSPS) is 23.8. The van der Waals surface area contributed by atoms with Crippen LogP contribution in [0.2, 0.25) is 0 Å². The average Bonchev–Trinajstić information content (AvgIpc) is 3.54. The Labute approximate surface area is 169 Å². The van der Waals surface area contributed by atoms with Crippen LogP contribution in [-0.2, 0) is 15.9 Å². The van der Waals surface area contributed by atoms with Gasteiger partial charge in [-0.25, -0.2) is 15.0 Å². The minimum atomic E-state index is 0.325. The smallest absolute Gasteiger partial charge is 0.228 e. The van der Waals surface area contributed by atoms with E-state index in [2.05, 4.69) is 19.8 Å². The monoisotopic (exact) mass is 395 g/mol. The quantitative estimate of drug-likeness (QED) is 0.815.